The molecule has 0 saturated heterocycles. The molecular weight excluding hydrogens is 144 g/mol. The lowest BCUT2D eigenvalue weighted by molar-refractivity contribution is 0.218. The van der Waals surface area contributed by atoms with Crippen molar-refractivity contribution >= 4 is 12.6 Å². The molecule has 0 spiro atoms. The molecule has 0 aliphatic carbocycles. The van der Waals surface area contributed by atoms with E-state index >= 15 is 0 Å². The molecule has 0 saturated carbocycles. The molecule has 51 valence electrons. The van der Waals surface area contributed by atoms with Crippen LogP contribution in [0, 0.1) is 5.94 Å². The lowest BCUT2D eigenvalue weighted by Gasteiger charge is -1.96. The number of benzene rings is 1. The van der Waals surface area contributed by atoms with Gasteiger partial charge < -0.3 is 4.74 Å². The molecule has 1 aromatic carbocycles. The fraction of sp³-hybridized carbons (Fsp3) is 0.125. The van der Waals surface area contributed by atoms with Gasteiger partial charge in [0.25, 0.3) is 0 Å². The van der Waals surface area contributed by atoms with E-state index in [1.54, 1.807) is 0 Å². The largest absolute Gasteiger partial charge is 0.351 e. The van der Waals surface area contributed by atoms with Gasteiger partial charge in [-0.1, -0.05) is 30.3 Å². The van der Waals surface area contributed by atoms with Crippen LogP contribution < -0.4 is 0 Å². The molecule has 3 radical (unpaired) electrons. The Bertz CT molecular complexity index is 174. The third-order valence-electron chi connectivity index (χ3n) is 1.14. The average molecular weight is 151 g/mol. The molecule has 1 aromatic rings. The van der Waals surface area contributed by atoms with Crippen molar-refractivity contribution in [1.82, 2.24) is 0 Å². The molecule has 0 N–H and O–H groups in total. The predicted octanol–water partition coefficient (Wildman–Crippen LogP) is 2.40. The van der Waals surface area contributed by atoms with Crippen LogP contribution >= 0.6 is 12.6 Å². The van der Waals surface area contributed by atoms with E-state index in [0.717, 1.165) is 5.56 Å². The van der Waals surface area contributed by atoms with Crippen LogP contribution in [0.3, 0.4) is 0 Å². The van der Waals surface area contributed by atoms with Gasteiger partial charge >= 0.3 is 0 Å². The monoisotopic (exact) mass is 151 g/mol. The van der Waals surface area contributed by atoms with Gasteiger partial charge in [-0.25, -0.2) is 0 Å². The summed E-state index contributed by atoms with van der Waals surface area (Å²) in [6.45, 7) is 0.518. The summed E-state index contributed by atoms with van der Waals surface area (Å²) in [5.74, 6) is 2.20. The second kappa shape index (κ2) is 4.36. The molecule has 0 atom stereocenters. The summed E-state index contributed by atoms with van der Waals surface area (Å²) in [4.78, 5) is 0. The van der Waals surface area contributed by atoms with Crippen LogP contribution in [-0.2, 0) is 11.3 Å². The number of hydrogen-bond donors (Lipinski definition) is 0. The highest BCUT2D eigenvalue weighted by molar-refractivity contribution is 7.82. The molecule has 0 amide bonds. The topological polar surface area (TPSA) is 9.23 Å². The Labute approximate surface area is 66.4 Å². The lowest BCUT2D eigenvalue weighted by atomic mass is 10.2. The first-order valence-electron chi connectivity index (χ1n) is 2.96. The Morgan fingerprint density at radius 1 is 1.30 bits per heavy atom. The van der Waals surface area contributed by atoms with Gasteiger partial charge in [-0.3, -0.25) is 0 Å². The van der Waals surface area contributed by atoms with Crippen molar-refractivity contribution in [3.63, 3.8) is 0 Å². The molecule has 0 bridgehead atoms. The van der Waals surface area contributed by atoms with Gasteiger partial charge in [-0.05, 0) is 18.2 Å². The van der Waals surface area contributed by atoms with E-state index < -0.39 is 0 Å². The molecule has 1 rings (SSSR count). The number of hydrogen-bond acceptors (Lipinski definition) is 1. The van der Waals surface area contributed by atoms with Crippen LogP contribution in [-0.4, -0.2) is 0 Å². The zero-order chi connectivity index (χ0) is 7.23. The van der Waals surface area contributed by atoms with Crippen LogP contribution in [0.1, 0.15) is 5.56 Å². The first-order chi connectivity index (χ1) is 4.93. The highest BCUT2D eigenvalue weighted by Crippen LogP contribution is 2.01. The van der Waals surface area contributed by atoms with Crippen LogP contribution in [0.4, 0.5) is 0 Å². The molecule has 0 aliphatic rings. The minimum Gasteiger partial charge on any atom is -0.351 e. The van der Waals surface area contributed by atoms with Gasteiger partial charge in [0.2, 0.25) is 5.94 Å². The highest BCUT2D eigenvalue weighted by atomic mass is 32.1. The van der Waals surface area contributed by atoms with E-state index in [1.807, 2.05) is 30.3 Å². The zero-order valence-electron chi connectivity index (χ0n) is 5.41. The molecule has 0 aliphatic heterocycles. The summed E-state index contributed by atoms with van der Waals surface area (Å²) >= 11 is 4.38. The average Bonchev–Trinajstić information content (AvgIpc) is 2.03. The van der Waals surface area contributed by atoms with Gasteiger partial charge in [-0.2, -0.15) is 0 Å². The van der Waals surface area contributed by atoms with E-state index in [1.165, 1.54) is 0 Å². The molecule has 0 aromatic heterocycles. The standard InChI is InChI=1S/C8H7OS/c10-7-9-6-8-4-2-1-3-5-8/h1-5H,6H2. The predicted molar refractivity (Wildman–Crippen MR) is 42.1 cm³/mol. The van der Waals surface area contributed by atoms with Crippen molar-refractivity contribution in [3.05, 3.63) is 41.8 Å². The Morgan fingerprint density at radius 3 is 2.60 bits per heavy atom. The summed E-state index contributed by atoms with van der Waals surface area (Å²) in [5.41, 5.74) is 1.11. The lowest BCUT2D eigenvalue weighted by Crippen LogP contribution is -1.85. The van der Waals surface area contributed by atoms with Crippen LogP contribution in [0.15, 0.2) is 30.3 Å². The van der Waals surface area contributed by atoms with Gasteiger partial charge in [0.1, 0.15) is 0 Å². The maximum absolute atomic E-state index is 4.78. The Balaban J connectivity index is 2.43. The second-order valence-electron chi connectivity index (χ2n) is 1.86. The first kappa shape index (κ1) is 7.63. The van der Waals surface area contributed by atoms with Crippen molar-refractivity contribution < 1.29 is 4.74 Å². The summed E-state index contributed by atoms with van der Waals surface area (Å²) in [6.07, 6.45) is 0. The van der Waals surface area contributed by atoms with Gasteiger partial charge in [-0.15, -0.1) is 0 Å². The normalized spacial score (nSPS) is 9.70. The summed E-state index contributed by atoms with van der Waals surface area (Å²) < 4.78 is 4.78. The van der Waals surface area contributed by atoms with E-state index in [2.05, 4.69) is 18.6 Å². The van der Waals surface area contributed by atoms with Crippen molar-refractivity contribution in [2.24, 2.45) is 0 Å². The number of ether oxygens (including phenoxy) is 1. The summed E-state index contributed by atoms with van der Waals surface area (Å²) in [6, 6.07) is 9.84. The second-order valence-corrected chi connectivity index (χ2v) is 2.02. The van der Waals surface area contributed by atoms with E-state index in [9.17, 15) is 0 Å². The molecule has 0 unspecified atom stereocenters. The van der Waals surface area contributed by atoms with Crippen molar-refractivity contribution in [1.29, 1.82) is 0 Å². The van der Waals surface area contributed by atoms with E-state index in [-0.39, 0.29) is 0 Å². The minimum atomic E-state index is 0.518. The molecule has 0 heterocycles. The Morgan fingerprint density at radius 2 is 2.00 bits per heavy atom. The maximum Gasteiger partial charge on any atom is 0.210 e. The van der Waals surface area contributed by atoms with Crippen LogP contribution in [0.25, 0.3) is 0 Å². The number of rotatable bonds is 3. The summed E-state index contributed by atoms with van der Waals surface area (Å²) in [5, 5.41) is 0. The molecule has 0 fully saturated rings. The Kier molecular flexibility index (Phi) is 3.33. The van der Waals surface area contributed by atoms with Crippen molar-refractivity contribution in [3.8, 4) is 0 Å². The molecule has 1 nitrogen and oxygen atoms in total. The molecule has 10 heavy (non-hydrogen) atoms. The van der Waals surface area contributed by atoms with Crippen LogP contribution in [0.5, 0.6) is 0 Å². The van der Waals surface area contributed by atoms with Crippen molar-refractivity contribution in [2.75, 3.05) is 0 Å². The fourth-order valence-electron chi connectivity index (χ4n) is 0.687. The third-order valence-corrected chi connectivity index (χ3v) is 1.26. The summed E-state index contributed by atoms with van der Waals surface area (Å²) in [7, 11) is 0. The van der Waals surface area contributed by atoms with Gasteiger partial charge in [0, 0.05) is 0 Å². The van der Waals surface area contributed by atoms with E-state index in [4.69, 9.17) is 4.74 Å². The van der Waals surface area contributed by atoms with Gasteiger partial charge in [0.15, 0.2) is 0 Å². The van der Waals surface area contributed by atoms with Gasteiger partial charge in [0.05, 0.1) is 6.61 Å². The minimum absolute atomic E-state index is 0.518. The van der Waals surface area contributed by atoms with Crippen molar-refractivity contribution in [2.45, 2.75) is 6.61 Å². The zero-order valence-corrected chi connectivity index (χ0v) is 6.23. The quantitative estimate of drug-likeness (QED) is 0.644. The third kappa shape index (κ3) is 2.42. The first-order valence-corrected chi connectivity index (χ1v) is 3.37. The maximum atomic E-state index is 4.78. The van der Waals surface area contributed by atoms with Crippen LogP contribution in [0.2, 0.25) is 0 Å². The SMILES string of the molecule is [S][C]OCc1ccccc1. The Hall–Kier alpha value is -0.470. The molecule has 2 heteroatoms. The van der Waals surface area contributed by atoms with E-state index in [0.29, 0.717) is 6.61 Å². The fourth-order valence-corrected chi connectivity index (χ4v) is 0.746. The molecular formula is C8H7OS. The highest BCUT2D eigenvalue weighted by Gasteiger charge is 1.88. The smallest absolute Gasteiger partial charge is 0.210 e.